The zero-order chi connectivity index (χ0) is 12.7. The summed E-state index contributed by atoms with van der Waals surface area (Å²) >= 11 is 0. The Labute approximate surface area is 99.8 Å². The summed E-state index contributed by atoms with van der Waals surface area (Å²) in [5.74, 6) is -0.0632. The normalized spacial score (nSPS) is 9.47. The van der Waals surface area contributed by atoms with Gasteiger partial charge in [-0.3, -0.25) is 4.79 Å². The molecule has 0 fully saturated rings. The Bertz CT molecular complexity index is 423. The van der Waals surface area contributed by atoms with Crippen LogP contribution in [0.1, 0.15) is 17.3 Å². The molecule has 90 valence electrons. The van der Waals surface area contributed by atoms with E-state index in [0.717, 1.165) is 6.08 Å². The second-order valence-corrected chi connectivity index (χ2v) is 3.27. The van der Waals surface area contributed by atoms with Gasteiger partial charge in [-0.2, -0.15) is 0 Å². The molecular formula is C13H14O4. The minimum atomic E-state index is -0.492. The first-order valence-corrected chi connectivity index (χ1v) is 5.17. The number of rotatable bonds is 6. The molecular weight excluding hydrogens is 220 g/mol. The van der Waals surface area contributed by atoms with Gasteiger partial charge in [-0.05, 0) is 19.1 Å². The molecule has 0 bridgehead atoms. The molecule has 0 amide bonds. The molecule has 0 saturated heterocycles. The van der Waals surface area contributed by atoms with Gasteiger partial charge in [-0.25, -0.2) is 4.79 Å². The Kier molecular flexibility index (Phi) is 4.94. The highest BCUT2D eigenvalue weighted by atomic mass is 16.6. The van der Waals surface area contributed by atoms with Crippen LogP contribution in [0.5, 0.6) is 5.75 Å². The van der Waals surface area contributed by atoms with E-state index in [9.17, 15) is 9.59 Å². The van der Waals surface area contributed by atoms with Crippen LogP contribution in [0.3, 0.4) is 0 Å². The summed E-state index contributed by atoms with van der Waals surface area (Å²) in [7, 11) is 0. The van der Waals surface area contributed by atoms with Gasteiger partial charge in [0.2, 0.25) is 0 Å². The third kappa shape index (κ3) is 4.10. The lowest BCUT2D eigenvalue weighted by Gasteiger charge is -2.09. The van der Waals surface area contributed by atoms with Gasteiger partial charge in [0.1, 0.15) is 19.0 Å². The second kappa shape index (κ2) is 6.48. The van der Waals surface area contributed by atoms with Crippen molar-refractivity contribution in [1.29, 1.82) is 0 Å². The van der Waals surface area contributed by atoms with Crippen LogP contribution >= 0.6 is 0 Å². The Morgan fingerprint density at radius 2 is 2.00 bits per heavy atom. The van der Waals surface area contributed by atoms with E-state index in [0.29, 0.717) is 11.3 Å². The average Bonchev–Trinajstić information content (AvgIpc) is 2.34. The van der Waals surface area contributed by atoms with E-state index >= 15 is 0 Å². The number of carbonyl (C=O) groups excluding carboxylic acids is 2. The van der Waals surface area contributed by atoms with E-state index in [1.165, 1.54) is 6.92 Å². The van der Waals surface area contributed by atoms with Crippen LogP contribution < -0.4 is 4.74 Å². The van der Waals surface area contributed by atoms with Crippen LogP contribution in [0.25, 0.3) is 0 Å². The molecule has 0 radical (unpaired) electrons. The fourth-order valence-corrected chi connectivity index (χ4v) is 1.24. The summed E-state index contributed by atoms with van der Waals surface area (Å²) in [5.41, 5.74) is 0.516. The SMILES string of the molecule is C=CC(=O)OCCOc1ccccc1C(C)=O. The zero-order valence-corrected chi connectivity index (χ0v) is 9.64. The standard InChI is InChI=1S/C13H14O4/c1-3-13(15)17-9-8-16-12-7-5-4-6-11(12)10(2)14/h3-7H,1,8-9H2,2H3. The first kappa shape index (κ1) is 13.0. The summed E-state index contributed by atoms with van der Waals surface area (Å²) in [6.07, 6.45) is 1.09. The lowest BCUT2D eigenvalue weighted by Crippen LogP contribution is -2.11. The van der Waals surface area contributed by atoms with Crippen LogP contribution in [0.15, 0.2) is 36.9 Å². The Hall–Kier alpha value is -2.10. The molecule has 0 atom stereocenters. The highest BCUT2D eigenvalue weighted by molar-refractivity contribution is 5.96. The molecule has 0 spiro atoms. The third-order valence-corrected chi connectivity index (χ3v) is 2.02. The van der Waals surface area contributed by atoms with Gasteiger partial charge in [0.25, 0.3) is 0 Å². The molecule has 0 unspecified atom stereocenters. The fourth-order valence-electron chi connectivity index (χ4n) is 1.24. The van der Waals surface area contributed by atoms with Crippen LogP contribution in [-0.4, -0.2) is 25.0 Å². The first-order chi connectivity index (χ1) is 8.15. The number of hydrogen-bond acceptors (Lipinski definition) is 4. The molecule has 0 heterocycles. The van der Waals surface area contributed by atoms with E-state index in [4.69, 9.17) is 9.47 Å². The van der Waals surface area contributed by atoms with Gasteiger partial charge in [0.05, 0.1) is 5.56 Å². The molecule has 0 aliphatic carbocycles. The summed E-state index contributed by atoms with van der Waals surface area (Å²) in [4.78, 5) is 22.0. The van der Waals surface area contributed by atoms with E-state index in [1.54, 1.807) is 24.3 Å². The number of esters is 1. The Morgan fingerprint density at radius 1 is 1.29 bits per heavy atom. The molecule has 1 rings (SSSR count). The maximum absolute atomic E-state index is 11.3. The number of benzene rings is 1. The molecule has 17 heavy (non-hydrogen) atoms. The number of Topliss-reactive ketones (excluding diaryl/α,β-unsaturated/α-hetero) is 1. The number of ketones is 1. The largest absolute Gasteiger partial charge is 0.489 e. The van der Waals surface area contributed by atoms with Crippen LogP contribution in [0.2, 0.25) is 0 Å². The summed E-state index contributed by atoms with van der Waals surface area (Å²) in [5, 5.41) is 0. The lowest BCUT2D eigenvalue weighted by molar-refractivity contribution is -0.138. The molecule has 0 saturated carbocycles. The van der Waals surface area contributed by atoms with Crippen LogP contribution in [0, 0.1) is 0 Å². The van der Waals surface area contributed by atoms with Crippen molar-refractivity contribution in [2.75, 3.05) is 13.2 Å². The van der Waals surface area contributed by atoms with E-state index in [1.807, 2.05) is 0 Å². The quantitative estimate of drug-likeness (QED) is 0.327. The topological polar surface area (TPSA) is 52.6 Å². The van der Waals surface area contributed by atoms with Gasteiger partial charge < -0.3 is 9.47 Å². The highest BCUT2D eigenvalue weighted by Crippen LogP contribution is 2.18. The van der Waals surface area contributed by atoms with Crippen molar-refractivity contribution in [2.45, 2.75) is 6.92 Å². The molecule has 0 aliphatic heterocycles. The molecule has 4 heteroatoms. The number of ether oxygens (including phenoxy) is 2. The Morgan fingerprint density at radius 3 is 2.65 bits per heavy atom. The number of carbonyl (C=O) groups is 2. The first-order valence-electron chi connectivity index (χ1n) is 5.17. The van der Waals surface area contributed by atoms with Crippen molar-refractivity contribution in [3.63, 3.8) is 0 Å². The van der Waals surface area contributed by atoms with Crippen molar-refractivity contribution in [3.8, 4) is 5.75 Å². The van der Waals surface area contributed by atoms with Crippen LogP contribution in [-0.2, 0) is 9.53 Å². The summed E-state index contributed by atoms with van der Waals surface area (Å²) in [6, 6.07) is 6.93. The van der Waals surface area contributed by atoms with Crippen molar-refractivity contribution in [1.82, 2.24) is 0 Å². The van der Waals surface area contributed by atoms with Gasteiger partial charge >= 0.3 is 5.97 Å². The smallest absolute Gasteiger partial charge is 0.330 e. The maximum atomic E-state index is 11.3. The minimum Gasteiger partial charge on any atom is -0.489 e. The van der Waals surface area contributed by atoms with Crippen LogP contribution in [0.4, 0.5) is 0 Å². The predicted molar refractivity (Wildman–Crippen MR) is 63.1 cm³/mol. The molecule has 4 nitrogen and oxygen atoms in total. The van der Waals surface area contributed by atoms with Crippen molar-refractivity contribution in [3.05, 3.63) is 42.5 Å². The second-order valence-electron chi connectivity index (χ2n) is 3.27. The lowest BCUT2D eigenvalue weighted by atomic mass is 10.1. The van der Waals surface area contributed by atoms with Gasteiger partial charge in [-0.1, -0.05) is 18.7 Å². The third-order valence-electron chi connectivity index (χ3n) is 2.02. The number of hydrogen-bond donors (Lipinski definition) is 0. The minimum absolute atomic E-state index is 0.0660. The fraction of sp³-hybridized carbons (Fsp3) is 0.231. The summed E-state index contributed by atoms with van der Waals surface area (Å²) in [6.45, 7) is 5.07. The molecule has 1 aromatic carbocycles. The molecule has 1 aromatic rings. The van der Waals surface area contributed by atoms with Gasteiger partial charge in [-0.15, -0.1) is 0 Å². The maximum Gasteiger partial charge on any atom is 0.330 e. The molecule has 0 N–H and O–H groups in total. The zero-order valence-electron chi connectivity index (χ0n) is 9.64. The highest BCUT2D eigenvalue weighted by Gasteiger charge is 2.07. The monoisotopic (exact) mass is 234 g/mol. The molecule has 0 aliphatic rings. The Balaban J connectivity index is 2.49. The van der Waals surface area contributed by atoms with E-state index in [2.05, 4.69) is 6.58 Å². The molecule has 0 aromatic heterocycles. The predicted octanol–water partition coefficient (Wildman–Crippen LogP) is 2.00. The van der Waals surface area contributed by atoms with E-state index < -0.39 is 5.97 Å². The van der Waals surface area contributed by atoms with Gasteiger partial charge in [0.15, 0.2) is 5.78 Å². The summed E-state index contributed by atoms with van der Waals surface area (Å²) < 4.78 is 10.1. The van der Waals surface area contributed by atoms with Crippen molar-refractivity contribution < 1.29 is 19.1 Å². The van der Waals surface area contributed by atoms with Crippen molar-refractivity contribution >= 4 is 11.8 Å². The van der Waals surface area contributed by atoms with E-state index in [-0.39, 0.29) is 19.0 Å². The number of para-hydroxylation sites is 1. The van der Waals surface area contributed by atoms with Crippen molar-refractivity contribution in [2.24, 2.45) is 0 Å². The van der Waals surface area contributed by atoms with Gasteiger partial charge in [0, 0.05) is 6.08 Å². The average molecular weight is 234 g/mol.